The van der Waals surface area contributed by atoms with Crippen LogP contribution in [0.3, 0.4) is 0 Å². The molecule has 0 amide bonds. The van der Waals surface area contributed by atoms with Gasteiger partial charge in [0.2, 0.25) is 0 Å². The van der Waals surface area contributed by atoms with E-state index in [4.69, 9.17) is 16.3 Å². The number of carboxylic acids is 1. The number of hydrogen-bond donors (Lipinski definition) is 1. The van der Waals surface area contributed by atoms with E-state index in [0.29, 0.717) is 17.5 Å². The summed E-state index contributed by atoms with van der Waals surface area (Å²) in [6, 6.07) is 14.3. The lowest BCUT2D eigenvalue weighted by Gasteiger charge is -2.31. The van der Waals surface area contributed by atoms with Crippen molar-refractivity contribution in [3.8, 4) is 5.75 Å². The SMILES string of the molecule is C=C(Oc1ccc(Cl)cc1C(F)(F)F)c1ccccc1CC(C(C)CC)C(C)c1ccc(C(=O)O)cc1F. The normalized spacial score (nSPS) is 14.0. The maximum atomic E-state index is 14.9. The maximum absolute atomic E-state index is 14.9. The number of rotatable bonds is 10. The molecule has 3 aromatic rings. The molecule has 3 aromatic carbocycles. The first-order valence-electron chi connectivity index (χ1n) is 12.2. The van der Waals surface area contributed by atoms with Crippen LogP contribution in [-0.2, 0) is 12.6 Å². The molecule has 0 spiro atoms. The largest absolute Gasteiger partial charge is 0.478 e. The van der Waals surface area contributed by atoms with E-state index >= 15 is 0 Å². The Morgan fingerprint density at radius 1 is 1.08 bits per heavy atom. The zero-order valence-electron chi connectivity index (χ0n) is 21.3. The summed E-state index contributed by atoms with van der Waals surface area (Å²) in [5.74, 6) is -2.35. The van der Waals surface area contributed by atoms with Gasteiger partial charge in [0.15, 0.2) is 0 Å². The summed E-state index contributed by atoms with van der Waals surface area (Å²) in [6.07, 6.45) is -3.39. The molecular formula is C30H29ClF4O3. The Balaban J connectivity index is 1.94. The lowest BCUT2D eigenvalue weighted by molar-refractivity contribution is -0.138. The summed E-state index contributed by atoms with van der Waals surface area (Å²) in [4.78, 5) is 11.2. The molecule has 0 saturated heterocycles. The van der Waals surface area contributed by atoms with E-state index in [1.165, 1.54) is 18.2 Å². The van der Waals surface area contributed by atoms with Crippen molar-refractivity contribution in [2.75, 3.05) is 0 Å². The van der Waals surface area contributed by atoms with Gasteiger partial charge in [-0.2, -0.15) is 13.2 Å². The molecule has 8 heteroatoms. The molecule has 0 fully saturated rings. The molecule has 38 heavy (non-hydrogen) atoms. The number of carbonyl (C=O) groups is 1. The molecule has 0 aromatic heterocycles. The molecule has 0 aliphatic heterocycles. The van der Waals surface area contributed by atoms with Crippen LogP contribution in [0.4, 0.5) is 17.6 Å². The second-order valence-electron chi connectivity index (χ2n) is 9.40. The van der Waals surface area contributed by atoms with E-state index in [2.05, 4.69) is 13.5 Å². The van der Waals surface area contributed by atoms with Gasteiger partial charge in [0.1, 0.15) is 17.3 Å². The number of halogens is 5. The first-order valence-corrected chi connectivity index (χ1v) is 12.6. The molecule has 0 heterocycles. The molecule has 3 unspecified atom stereocenters. The minimum absolute atomic E-state index is 0.0426. The molecule has 0 saturated carbocycles. The summed E-state index contributed by atoms with van der Waals surface area (Å²) in [5.41, 5.74) is 0.606. The second kappa shape index (κ2) is 12.0. The van der Waals surface area contributed by atoms with Gasteiger partial charge in [-0.15, -0.1) is 0 Å². The van der Waals surface area contributed by atoms with Crippen molar-refractivity contribution in [3.05, 3.63) is 106 Å². The lowest BCUT2D eigenvalue weighted by Crippen LogP contribution is -2.22. The van der Waals surface area contributed by atoms with Crippen molar-refractivity contribution in [1.29, 1.82) is 0 Å². The first-order chi connectivity index (χ1) is 17.8. The van der Waals surface area contributed by atoms with Crippen molar-refractivity contribution in [2.24, 2.45) is 11.8 Å². The Bertz CT molecular complexity index is 1320. The van der Waals surface area contributed by atoms with Crippen LogP contribution >= 0.6 is 11.6 Å². The van der Waals surface area contributed by atoms with E-state index in [-0.39, 0.29) is 34.1 Å². The Kier molecular flexibility index (Phi) is 9.26. The van der Waals surface area contributed by atoms with Crippen LogP contribution in [0.2, 0.25) is 5.02 Å². The molecule has 0 bridgehead atoms. The summed E-state index contributed by atoms with van der Waals surface area (Å²) < 4.78 is 61.3. The smallest absolute Gasteiger partial charge is 0.420 e. The number of aromatic carboxylic acids is 1. The van der Waals surface area contributed by atoms with Crippen molar-refractivity contribution in [3.63, 3.8) is 0 Å². The quantitative estimate of drug-likeness (QED) is 0.203. The average Bonchev–Trinajstić information content (AvgIpc) is 2.86. The highest BCUT2D eigenvalue weighted by atomic mass is 35.5. The molecule has 202 valence electrons. The van der Waals surface area contributed by atoms with Gasteiger partial charge in [-0.1, -0.05) is 75.7 Å². The lowest BCUT2D eigenvalue weighted by atomic mass is 9.74. The van der Waals surface area contributed by atoms with Crippen molar-refractivity contribution < 1.29 is 32.2 Å². The molecule has 3 nitrogen and oxygen atoms in total. The van der Waals surface area contributed by atoms with Gasteiger partial charge in [0, 0.05) is 10.6 Å². The summed E-state index contributed by atoms with van der Waals surface area (Å²) in [6.45, 7) is 9.89. The average molecular weight is 549 g/mol. The first kappa shape index (κ1) is 29.2. The summed E-state index contributed by atoms with van der Waals surface area (Å²) in [7, 11) is 0. The van der Waals surface area contributed by atoms with Crippen molar-refractivity contribution in [1.82, 2.24) is 0 Å². The molecule has 3 rings (SSSR count). The van der Waals surface area contributed by atoms with Crippen LogP contribution in [0.1, 0.15) is 65.7 Å². The molecule has 0 aliphatic carbocycles. The molecule has 0 radical (unpaired) electrons. The zero-order valence-corrected chi connectivity index (χ0v) is 22.0. The van der Waals surface area contributed by atoms with Gasteiger partial charge in [-0.25, -0.2) is 9.18 Å². The van der Waals surface area contributed by atoms with Crippen molar-refractivity contribution in [2.45, 2.75) is 45.7 Å². The van der Waals surface area contributed by atoms with Crippen LogP contribution in [0.5, 0.6) is 5.75 Å². The highest BCUT2D eigenvalue weighted by molar-refractivity contribution is 6.30. The van der Waals surface area contributed by atoms with Crippen molar-refractivity contribution >= 4 is 23.3 Å². The van der Waals surface area contributed by atoms with E-state index in [1.807, 2.05) is 26.0 Å². The van der Waals surface area contributed by atoms with Crippen LogP contribution in [0, 0.1) is 17.7 Å². The molecule has 0 aliphatic rings. The fourth-order valence-electron chi connectivity index (χ4n) is 4.66. The Morgan fingerprint density at radius 2 is 1.76 bits per heavy atom. The Hall–Kier alpha value is -3.32. The van der Waals surface area contributed by atoms with Gasteiger partial charge in [-0.3, -0.25) is 0 Å². The maximum Gasteiger partial charge on any atom is 0.420 e. The number of benzene rings is 3. The predicted octanol–water partition coefficient (Wildman–Crippen LogP) is 9.25. The third-order valence-corrected chi connectivity index (χ3v) is 7.24. The second-order valence-corrected chi connectivity index (χ2v) is 9.84. The molecule has 1 N–H and O–H groups in total. The molecular weight excluding hydrogens is 520 g/mol. The predicted molar refractivity (Wildman–Crippen MR) is 141 cm³/mol. The number of ether oxygens (including phenoxy) is 1. The van der Waals surface area contributed by atoms with E-state index in [1.54, 1.807) is 12.1 Å². The highest BCUT2D eigenvalue weighted by Crippen LogP contribution is 2.40. The van der Waals surface area contributed by atoms with E-state index < -0.39 is 29.3 Å². The van der Waals surface area contributed by atoms with Gasteiger partial charge in [0.05, 0.1) is 11.1 Å². The highest BCUT2D eigenvalue weighted by Gasteiger charge is 2.35. The minimum Gasteiger partial charge on any atom is -0.478 e. The monoisotopic (exact) mass is 548 g/mol. The van der Waals surface area contributed by atoms with E-state index in [0.717, 1.165) is 30.2 Å². The van der Waals surface area contributed by atoms with Crippen LogP contribution < -0.4 is 4.74 Å². The number of carboxylic acid groups (broad SMARTS) is 1. The molecule has 3 atom stereocenters. The van der Waals surface area contributed by atoms with Gasteiger partial charge >= 0.3 is 12.1 Å². The third kappa shape index (κ3) is 6.76. The Labute approximate surface area is 224 Å². The van der Waals surface area contributed by atoms with Gasteiger partial charge in [0.25, 0.3) is 0 Å². The topological polar surface area (TPSA) is 46.5 Å². The number of hydrogen-bond acceptors (Lipinski definition) is 2. The van der Waals surface area contributed by atoms with Crippen LogP contribution in [0.25, 0.3) is 5.76 Å². The van der Waals surface area contributed by atoms with Crippen LogP contribution in [-0.4, -0.2) is 11.1 Å². The van der Waals surface area contributed by atoms with E-state index in [9.17, 15) is 27.5 Å². The minimum atomic E-state index is -4.67. The summed E-state index contributed by atoms with van der Waals surface area (Å²) >= 11 is 5.78. The van der Waals surface area contributed by atoms with Crippen LogP contribution in [0.15, 0.2) is 67.2 Å². The Morgan fingerprint density at radius 3 is 2.37 bits per heavy atom. The summed E-state index contributed by atoms with van der Waals surface area (Å²) in [5, 5.41) is 9.11. The van der Waals surface area contributed by atoms with Gasteiger partial charge in [-0.05, 0) is 65.6 Å². The number of alkyl halides is 3. The fraction of sp³-hybridized carbons (Fsp3) is 0.300. The zero-order chi connectivity index (χ0) is 28.2. The third-order valence-electron chi connectivity index (χ3n) is 7.01. The fourth-order valence-corrected chi connectivity index (χ4v) is 4.83. The van der Waals surface area contributed by atoms with Gasteiger partial charge < -0.3 is 9.84 Å². The standard InChI is InChI=1S/C30H29ClF4O3/c1-5-17(2)25(18(3)23-12-10-21(29(36)37)15-27(23)32)14-20-8-6-7-9-24(20)19(4)38-28-13-11-22(31)16-26(28)30(33,34)35/h6-13,15-18,25H,4-5,14H2,1-3H3,(H,36,37).